The van der Waals surface area contributed by atoms with Crippen molar-refractivity contribution in [2.45, 2.75) is 70.7 Å². The summed E-state index contributed by atoms with van der Waals surface area (Å²) in [6, 6.07) is -0.802. The maximum absolute atomic E-state index is 13.0. The Bertz CT molecular complexity index is 531. The molecule has 2 heterocycles. The number of nitrogens with zero attached hydrogens (tertiary/aromatic N) is 2. The van der Waals surface area contributed by atoms with Crippen LogP contribution >= 0.6 is 0 Å². The molecule has 142 valence electrons. The van der Waals surface area contributed by atoms with Crippen LogP contribution in [0.15, 0.2) is 0 Å². The first-order valence-electron chi connectivity index (χ1n) is 8.90. The van der Waals surface area contributed by atoms with E-state index in [2.05, 4.69) is 10.6 Å². The van der Waals surface area contributed by atoms with E-state index in [9.17, 15) is 14.4 Å². The molecule has 2 N–H and O–H groups in total. The summed E-state index contributed by atoms with van der Waals surface area (Å²) in [5, 5.41) is 5.26. The third-order valence-corrected chi connectivity index (χ3v) is 4.67. The van der Waals surface area contributed by atoms with Gasteiger partial charge in [-0.05, 0) is 47.0 Å². The summed E-state index contributed by atoms with van der Waals surface area (Å²) in [7, 11) is 1.56. The first-order valence-corrected chi connectivity index (χ1v) is 8.90. The molecular weight excluding hydrogens is 324 g/mol. The molecule has 25 heavy (non-hydrogen) atoms. The lowest BCUT2D eigenvalue weighted by Crippen LogP contribution is -2.60. The predicted octanol–water partition coefficient (Wildman–Crippen LogP) is 1.30. The second-order valence-electron chi connectivity index (χ2n) is 7.81. The molecule has 3 atom stereocenters. The molecule has 0 spiro atoms. The Kier molecular flexibility index (Phi) is 5.80. The third-order valence-electron chi connectivity index (χ3n) is 4.67. The van der Waals surface area contributed by atoms with Gasteiger partial charge in [0.2, 0.25) is 5.91 Å². The van der Waals surface area contributed by atoms with E-state index in [0.717, 1.165) is 19.3 Å². The maximum Gasteiger partial charge on any atom is 0.408 e. The molecule has 8 nitrogen and oxygen atoms in total. The van der Waals surface area contributed by atoms with E-state index in [0.29, 0.717) is 6.54 Å². The smallest absolute Gasteiger partial charge is 0.408 e. The van der Waals surface area contributed by atoms with Crippen molar-refractivity contribution in [3.8, 4) is 0 Å². The second kappa shape index (κ2) is 7.49. The number of hydrogen-bond donors (Lipinski definition) is 2. The fraction of sp³-hybridized carbons (Fsp3) is 0.824. The van der Waals surface area contributed by atoms with Gasteiger partial charge in [-0.1, -0.05) is 0 Å². The van der Waals surface area contributed by atoms with Gasteiger partial charge in [-0.25, -0.2) is 9.59 Å². The van der Waals surface area contributed by atoms with Gasteiger partial charge in [0.15, 0.2) is 0 Å². The number of alkyl carbamates (subject to hydrolysis) is 1. The van der Waals surface area contributed by atoms with Gasteiger partial charge in [-0.3, -0.25) is 4.79 Å². The van der Waals surface area contributed by atoms with Crippen molar-refractivity contribution in [1.29, 1.82) is 0 Å². The minimum absolute atomic E-state index is 0.109. The molecule has 0 aliphatic carbocycles. The summed E-state index contributed by atoms with van der Waals surface area (Å²) in [4.78, 5) is 40.8. The highest BCUT2D eigenvalue weighted by atomic mass is 16.6. The summed E-state index contributed by atoms with van der Waals surface area (Å²) in [6.07, 6.45) is 1.97. The van der Waals surface area contributed by atoms with Crippen molar-refractivity contribution in [3.63, 3.8) is 0 Å². The van der Waals surface area contributed by atoms with E-state index in [1.165, 1.54) is 0 Å². The summed E-state index contributed by atoms with van der Waals surface area (Å²) in [5.41, 5.74) is -0.654. The average Bonchev–Trinajstić information content (AvgIpc) is 2.86. The third kappa shape index (κ3) is 4.76. The number of urea groups is 1. The summed E-state index contributed by atoms with van der Waals surface area (Å²) in [5.74, 6) is -0.144. The van der Waals surface area contributed by atoms with Crippen LogP contribution in [0, 0.1) is 0 Å². The molecule has 0 saturated carbocycles. The molecule has 3 unspecified atom stereocenters. The van der Waals surface area contributed by atoms with Crippen LogP contribution in [0.4, 0.5) is 9.59 Å². The zero-order valence-corrected chi connectivity index (χ0v) is 15.8. The van der Waals surface area contributed by atoms with Gasteiger partial charge >= 0.3 is 12.1 Å². The minimum atomic E-state index is -0.810. The van der Waals surface area contributed by atoms with Crippen LogP contribution in [-0.4, -0.2) is 71.7 Å². The highest BCUT2D eigenvalue weighted by molar-refractivity contribution is 5.87. The average molecular weight is 354 g/mol. The number of nitrogens with one attached hydrogen (secondary N) is 2. The summed E-state index contributed by atoms with van der Waals surface area (Å²) < 4.78 is 5.28. The van der Waals surface area contributed by atoms with Gasteiger partial charge < -0.3 is 25.2 Å². The number of fused-ring (bicyclic) bond motifs is 1. The highest BCUT2D eigenvalue weighted by Gasteiger charge is 2.41. The lowest BCUT2D eigenvalue weighted by Gasteiger charge is -2.38. The van der Waals surface area contributed by atoms with E-state index in [1.54, 1.807) is 32.7 Å². The molecule has 2 rings (SSSR count). The molecule has 2 aliphatic heterocycles. The lowest BCUT2D eigenvalue weighted by molar-refractivity contribution is -0.137. The fourth-order valence-corrected chi connectivity index (χ4v) is 3.53. The standard InChI is InChI=1S/C17H30N4O4/c1-11-6-7-12-8-9-20(15(23)18-5)10-13(14(22)21(11)12)19-16(24)25-17(2,3)4/h11-13H,6-10H2,1-5H3,(H,18,23)(H,19,24). The van der Waals surface area contributed by atoms with E-state index >= 15 is 0 Å². The van der Waals surface area contributed by atoms with Gasteiger partial charge in [0.05, 0.1) is 6.54 Å². The van der Waals surface area contributed by atoms with Crippen LogP contribution in [-0.2, 0) is 9.53 Å². The Hall–Kier alpha value is -1.99. The molecule has 2 fully saturated rings. The summed E-state index contributed by atoms with van der Waals surface area (Å²) >= 11 is 0. The topological polar surface area (TPSA) is 91.0 Å². The van der Waals surface area contributed by atoms with Crippen LogP contribution in [0.2, 0.25) is 0 Å². The van der Waals surface area contributed by atoms with Crippen molar-refractivity contribution >= 4 is 18.0 Å². The van der Waals surface area contributed by atoms with Crippen LogP contribution in [0.25, 0.3) is 0 Å². The molecule has 4 amide bonds. The largest absolute Gasteiger partial charge is 0.444 e. The number of ether oxygens (including phenoxy) is 1. The minimum Gasteiger partial charge on any atom is -0.444 e. The van der Waals surface area contributed by atoms with Gasteiger partial charge in [0.1, 0.15) is 11.6 Å². The Labute approximate surface area is 149 Å². The molecule has 0 aromatic rings. The molecule has 0 aromatic carbocycles. The first kappa shape index (κ1) is 19.3. The SMILES string of the molecule is CNC(=O)N1CCC2CCC(C)N2C(=O)C(NC(=O)OC(C)(C)C)C1. The molecule has 0 radical (unpaired) electrons. The van der Waals surface area contributed by atoms with Crippen molar-refractivity contribution in [2.24, 2.45) is 0 Å². The zero-order chi connectivity index (χ0) is 18.8. The maximum atomic E-state index is 13.0. The second-order valence-corrected chi connectivity index (χ2v) is 7.81. The van der Waals surface area contributed by atoms with Gasteiger partial charge in [-0.15, -0.1) is 0 Å². The fourth-order valence-electron chi connectivity index (χ4n) is 3.53. The Morgan fingerprint density at radius 3 is 2.48 bits per heavy atom. The lowest BCUT2D eigenvalue weighted by atomic mass is 10.1. The molecule has 0 bridgehead atoms. The van der Waals surface area contributed by atoms with Crippen LogP contribution < -0.4 is 10.6 Å². The van der Waals surface area contributed by atoms with Crippen molar-refractivity contribution in [2.75, 3.05) is 20.1 Å². The van der Waals surface area contributed by atoms with Crippen LogP contribution in [0.5, 0.6) is 0 Å². The number of carbonyl (C=O) groups excluding carboxylic acids is 3. The number of carbonyl (C=O) groups is 3. The van der Waals surface area contributed by atoms with Gasteiger partial charge in [0.25, 0.3) is 0 Å². The normalized spacial score (nSPS) is 27.2. The Morgan fingerprint density at radius 1 is 1.20 bits per heavy atom. The predicted molar refractivity (Wildman–Crippen MR) is 93.1 cm³/mol. The molecular formula is C17H30N4O4. The molecule has 2 aliphatic rings. The highest BCUT2D eigenvalue weighted by Crippen LogP contribution is 2.28. The molecule has 8 heteroatoms. The Morgan fingerprint density at radius 2 is 1.88 bits per heavy atom. The zero-order valence-electron chi connectivity index (χ0n) is 15.8. The number of amides is 4. The Balaban J connectivity index is 2.19. The van der Waals surface area contributed by atoms with Crippen LogP contribution in [0.3, 0.4) is 0 Å². The van der Waals surface area contributed by atoms with E-state index in [4.69, 9.17) is 4.74 Å². The quantitative estimate of drug-likeness (QED) is 0.743. The monoisotopic (exact) mass is 354 g/mol. The van der Waals surface area contributed by atoms with E-state index in [1.807, 2.05) is 11.8 Å². The van der Waals surface area contributed by atoms with Crippen molar-refractivity contribution < 1.29 is 19.1 Å². The van der Waals surface area contributed by atoms with Crippen molar-refractivity contribution in [1.82, 2.24) is 20.4 Å². The molecule has 0 aromatic heterocycles. The van der Waals surface area contributed by atoms with Gasteiger partial charge in [0, 0.05) is 25.7 Å². The number of hydrogen-bond acceptors (Lipinski definition) is 4. The number of rotatable bonds is 1. The first-order chi connectivity index (χ1) is 11.6. The van der Waals surface area contributed by atoms with Crippen molar-refractivity contribution in [3.05, 3.63) is 0 Å². The van der Waals surface area contributed by atoms with Crippen LogP contribution in [0.1, 0.15) is 47.0 Å². The van der Waals surface area contributed by atoms with E-state index in [-0.39, 0.29) is 30.6 Å². The van der Waals surface area contributed by atoms with E-state index < -0.39 is 17.7 Å². The summed E-state index contributed by atoms with van der Waals surface area (Å²) in [6.45, 7) is 8.01. The molecule has 2 saturated heterocycles. The van der Waals surface area contributed by atoms with Gasteiger partial charge in [-0.2, -0.15) is 0 Å².